The number of rotatable bonds is 4. The van der Waals surface area contributed by atoms with Crippen molar-refractivity contribution in [1.29, 1.82) is 0 Å². The SMILES string of the molecule is Cc1nn(C2CCSCC2)c(C)c1CCCN. The molecule has 2 rings (SSSR count). The Kier molecular flexibility index (Phi) is 4.51. The fraction of sp³-hybridized carbons (Fsp3) is 0.769. The molecule has 2 N–H and O–H groups in total. The van der Waals surface area contributed by atoms with E-state index in [4.69, 9.17) is 10.8 Å². The molecule has 3 nitrogen and oxygen atoms in total. The average Bonchev–Trinajstić information content (AvgIpc) is 2.64. The molecular weight excluding hydrogens is 230 g/mol. The quantitative estimate of drug-likeness (QED) is 0.896. The van der Waals surface area contributed by atoms with Gasteiger partial charge in [0.2, 0.25) is 0 Å². The predicted molar refractivity (Wildman–Crippen MR) is 74.7 cm³/mol. The van der Waals surface area contributed by atoms with Crippen LogP contribution in [0.2, 0.25) is 0 Å². The van der Waals surface area contributed by atoms with Crippen LogP contribution in [0.25, 0.3) is 0 Å². The van der Waals surface area contributed by atoms with Gasteiger partial charge in [-0.3, -0.25) is 4.68 Å². The van der Waals surface area contributed by atoms with Crippen molar-refractivity contribution in [1.82, 2.24) is 9.78 Å². The van der Waals surface area contributed by atoms with Crippen molar-refractivity contribution < 1.29 is 0 Å². The zero-order valence-electron chi connectivity index (χ0n) is 10.9. The molecule has 0 aromatic carbocycles. The van der Waals surface area contributed by atoms with Gasteiger partial charge in [-0.05, 0) is 63.1 Å². The Morgan fingerprint density at radius 1 is 1.35 bits per heavy atom. The van der Waals surface area contributed by atoms with Crippen molar-refractivity contribution >= 4 is 11.8 Å². The molecule has 1 aromatic rings. The fourth-order valence-electron chi connectivity index (χ4n) is 2.62. The minimum absolute atomic E-state index is 0.626. The molecule has 0 spiro atoms. The van der Waals surface area contributed by atoms with Crippen molar-refractivity contribution in [2.45, 2.75) is 45.6 Å². The summed E-state index contributed by atoms with van der Waals surface area (Å²) in [5, 5.41) is 4.75. The second-order valence-electron chi connectivity index (χ2n) is 4.83. The Balaban J connectivity index is 2.17. The average molecular weight is 253 g/mol. The van der Waals surface area contributed by atoms with E-state index in [0.29, 0.717) is 6.04 Å². The molecule has 0 amide bonds. The third-order valence-corrected chi connectivity index (χ3v) is 4.69. The lowest BCUT2D eigenvalue weighted by Crippen LogP contribution is -2.17. The zero-order valence-corrected chi connectivity index (χ0v) is 11.7. The molecule has 1 aliphatic rings. The molecule has 0 saturated carbocycles. The molecule has 96 valence electrons. The van der Waals surface area contributed by atoms with Crippen LogP contribution in [-0.2, 0) is 6.42 Å². The number of aryl methyl sites for hydroxylation is 1. The van der Waals surface area contributed by atoms with E-state index >= 15 is 0 Å². The molecule has 2 heterocycles. The highest BCUT2D eigenvalue weighted by atomic mass is 32.2. The highest BCUT2D eigenvalue weighted by Gasteiger charge is 2.20. The first-order chi connectivity index (χ1) is 8.24. The van der Waals surface area contributed by atoms with Gasteiger partial charge in [0.1, 0.15) is 0 Å². The van der Waals surface area contributed by atoms with Gasteiger partial charge in [0.25, 0.3) is 0 Å². The second-order valence-corrected chi connectivity index (χ2v) is 6.05. The minimum atomic E-state index is 0.626. The molecule has 0 bridgehead atoms. The van der Waals surface area contributed by atoms with Gasteiger partial charge < -0.3 is 5.73 Å². The van der Waals surface area contributed by atoms with Crippen LogP contribution in [-0.4, -0.2) is 27.8 Å². The Morgan fingerprint density at radius 2 is 2.06 bits per heavy atom. The summed E-state index contributed by atoms with van der Waals surface area (Å²) < 4.78 is 2.28. The maximum atomic E-state index is 5.60. The van der Waals surface area contributed by atoms with Gasteiger partial charge in [0.15, 0.2) is 0 Å². The van der Waals surface area contributed by atoms with E-state index in [2.05, 4.69) is 30.3 Å². The van der Waals surface area contributed by atoms with Crippen molar-refractivity contribution in [2.24, 2.45) is 5.73 Å². The predicted octanol–water partition coefficient (Wildman–Crippen LogP) is 2.46. The van der Waals surface area contributed by atoms with Crippen LogP contribution < -0.4 is 5.73 Å². The van der Waals surface area contributed by atoms with Crippen LogP contribution in [0.15, 0.2) is 0 Å². The lowest BCUT2D eigenvalue weighted by atomic mass is 10.1. The number of nitrogens with zero attached hydrogens (tertiary/aromatic N) is 2. The molecule has 1 aromatic heterocycles. The first kappa shape index (κ1) is 13.0. The van der Waals surface area contributed by atoms with E-state index in [1.165, 1.54) is 41.3 Å². The molecule has 1 fully saturated rings. The van der Waals surface area contributed by atoms with E-state index in [1.54, 1.807) is 0 Å². The summed E-state index contributed by atoms with van der Waals surface area (Å²) in [6, 6.07) is 0.626. The number of hydrogen-bond donors (Lipinski definition) is 1. The van der Waals surface area contributed by atoms with Crippen LogP contribution in [0.4, 0.5) is 0 Å². The normalized spacial score (nSPS) is 17.6. The van der Waals surface area contributed by atoms with Crippen molar-refractivity contribution in [3.63, 3.8) is 0 Å². The first-order valence-corrected chi connectivity index (χ1v) is 7.72. The molecular formula is C13H23N3S. The van der Waals surface area contributed by atoms with Crippen molar-refractivity contribution in [3.8, 4) is 0 Å². The molecule has 0 radical (unpaired) electrons. The summed E-state index contributed by atoms with van der Waals surface area (Å²) in [6.07, 6.45) is 4.68. The third-order valence-electron chi connectivity index (χ3n) is 3.64. The standard InChI is InChI=1S/C13H23N3S/c1-10-13(4-3-7-14)11(2)16(15-10)12-5-8-17-9-6-12/h12H,3-9,14H2,1-2H3. The second kappa shape index (κ2) is 5.91. The maximum Gasteiger partial charge on any atom is 0.0628 e. The summed E-state index contributed by atoms with van der Waals surface area (Å²) in [7, 11) is 0. The van der Waals surface area contributed by atoms with Crippen molar-refractivity contribution in [2.75, 3.05) is 18.1 Å². The molecule has 0 atom stereocenters. The largest absolute Gasteiger partial charge is 0.330 e. The van der Waals surface area contributed by atoms with Crippen LogP contribution in [0.3, 0.4) is 0 Å². The molecule has 0 unspecified atom stereocenters. The third kappa shape index (κ3) is 2.86. The minimum Gasteiger partial charge on any atom is -0.330 e. The summed E-state index contributed by atoms with van der Waals surface area (Å²) in [4.78, 5) is 0. The Hall–Kier alpha value is -0.480. The van der Waals surface area contributed by atoms with Gasteiger partial charge in [-0.25, -0.2) is 0 Å². The van der Waals surface area contributed by atoms with Gasteiger partial charge in [-0.15, -0.1) is 0 Å². The first-order valence-electron chi connectivity index (χ1n) is 6.56. The maximum absolute atomic E-state index is 5.60. The van der Waals surface area contributed by atoms with Crippen molar-refractivity contribution in [3.05, 3.63) is 17.0 Å². The molecule has 1 aliphatic heterocycles. The smallest absolute Gasteiger partial charge is 0.0628 e. The zero-order chi connectivity index (χ0) is 12.3. The molecule has 1 saturated heterocycles. The van der Waals surface area contributed by atoms with Crippen LogP contribution in [0.5, 0.6) is 0 Å². The number of nitrogens with two attached hydrogens (primary N) is 1. The number of hydrogen-bond acceptors (Lipinski definition) is 3. The monoisotopic (exact) mass is 253 g/mol. The highest BCUT2D eigenvalue weighted by Crippen LogP contribution is 2.29. The lowest BCUT2D eigenvalue weighted by molar-refractivity contribution is 0.416. The van der Waals surface area contributed by atoms with Gasteiger partial charge in [0, 0.05) is 5.69 Å². The summed E-state index contributed by atoms with van der Waals surface area (Å²) in [5.41, 5.74) is 9.59. The summed E-state index contributed by atoms with van der Waals surface area (Å²) in [5.74, 6) is 2.56. The number of thioether (sulfide) groups is 1. The molecule has 0 aliphatic carbocycles. The Morgan fingerprint density at radius 3 is 2.71 bits per heavy atom. The van der Waals surface area contributed by atoms with Gasteiger partial charge >= 0.3 is 0 Å². The van der Waals surface area contributed by atoms with Gasteiger partial charge in [0.05, 0.1) is 11.7 Å². The van der Waals surface area contributed by atoms with E-state index in [0.717, 1.165) is 19.4 Å². The van der Waals surface area contributed by atoms with Crippen LogP contribution >= 0.6 is 11.8 Å². The van der Waals surface area contributed by atoms with Gasteiger partial charge in [-0.2, -0.15) is 16.9 Å². The van der Waals surface area contributed by atoms with Gasteiger partial charge in [-0.1, -0.05) is 0 Å². The number of aromatic nitrogens is 2. The van der Waals surface area contributed by atoms with E-state index in [1.807, 2.05) is 0 Å². The molecule has 4 heteroatoms. The fourth-order valence-corrected chi connectivity index (χ4v) is 3.70. The van der Waals surface area contributed by atoms with Crippen LogP contribution in [0.1, 0.15) is 42.3 Å². The summed E-state index contributed by atoms with van der Waals surface area (Å²) >= 11 is 2.07. The van der Waals surface area contributed by atoms with E-state index in [9.17, 15) is 0 Å². The molecule has 17 heavy (non-hydrogen) atoms. The topological polar surface area (TPSA) is 43.8 Å². The Labute approximate surface area is 108 Å². The van der Waals surface area contributed by atoms with E-state index in [-0.39, 0.29) is 0 Å². The lowest BCUT2D eigenvalue weighted by Gasteiger charge is -2.23. The highest BCUT2D eigenvalue weighted by molar-refractivity contribution is 7.99. The Bertz CT molecular complexity index is 367. The van der Waals surface area contributed by atoms with E-state index < -0.39 is 0 Å². The summed E-state index contributed by atoms with van der Waals surface area (Å²) in [6.45, 7) is 5.12. The van der Waals surface area contributed by atoms with Crippen LogP contribution in [0, 0.1) is 13.8 Å².